The number of aromatic nitrogens is 1. The van der Waals surface area contributed by atoms with Gasteiger partial charge in [-0.1, -0.05) is 11.6 Å². The fourth-order valence-electron chi connectivity index (χ4n) is 1.73. The number of hydrogen-bond donors (Lipinski definition) is 2. The molecule has 1 heterocycles. The molecule has 0 aliphatic rings. The molecule has 0 aliphatic heterocycles. The lowest BCUT2D eigenvalue weighted by atomic mass is 10.1. The summed E-state index contributed by atoms with van der Waals surface area (Å²) in [6.07, 6.45) is 3.62. The Labute approximate surface area is 111 Å². The lowest BCUT2D eigenvalue weighted by molar-refractivity contribution is 0.464. The molecule has 0 atom stereocenters. The molecule has 1 aromatic carbocycles. The number of pyridine rings is 1. The van der Waals surface area contributed by atoms with Crippen molar-refractivity contribution in [2.45, 2.75) is 20.0 Å². The molecule has 18 heavy (non-hydrogen) atoms. The maximum atomic E-state index is 9.68. The van der Waals surface area contributed by atoms with E-state index in [1.807, 2.05) is 19.2 Å². The van der Waals surface area contributed by atoms with Gasteiger partial charge in [-0.3, -0.25) is 4.98 Å². The summed E-state index contributed by atoms with van der Waals surface area (Å²) in [4.78, 5) is 4.05. The predicted molar refractivity (Wildman–Crippen MR) is 72.6 cm³/mol. The fourth-order valence-corrected chi connectivity index (χ4v) is 1.92. The maximum Gasteiger partial charge on any atom is 0.120 e. The Morgan fingerprint density at radius 3 is 2.78 bits per heavy atom. The second-order valence-electron chi connectivity index (χ2n) is 4.18. The molecule has 0 unspecified atom stereocenters. The minimum atomic E-state index is 0.262. The van der Waals surface area contributed by atoms with E-state index in [1.54, 1.807) is 24.4 Å². The van der Waals surface area contributed by atoms with Crippen molar-refractivity contribution < 1.29 is 5.11 Å². The molecule has 0 spiro atoms. The van der Waals surface area contributed by atoms with Crippen molar-refractivity contribution in [2.24, 2.45) is 0 Å². The number of benzene rings is 1. The summed E-state index contributed by atoms with van der Waals surface area (Å²) < 4.78 is 0. The van der Waals surface area contributed by atoms with Crippen molar-refractivity contribution in [1.29, 1.82) is 0 Å². The number of hydrogen-bond acceptors (Lipinski definition) is 3. The van der Waals surface area contributed by atoms with E-state index in [-0.39, 0.29) is 5.75 Å². The van der Waals surface area contributed by atoms with E-state index in [0.717, 1.165) is 17.7 Å². The highest BCUT2D eigenvalue weighted by Crippen LogP contribution is 2.21. The summed E-state index contributed by atoms with van der Waals surface area (Å²) in [6.45, 7) is 3.34. The molecule has 0 aliphatic carbocycles. The average Bonchev–Trinajstić information content (AvgIpc) is 2.36. The molecule has 2 rings (SSSR count). The van der Waals surface area contributed by atoms with Gasteiger partial charge in [0.15, 0.2) is 0 Å². The Bertz CT molecular complexity index is 543. The predicted octanol–water partition coefficient (Wildman–Crippen LogP) is 3.04. The molecule has 1 aromatic heterocycles. The van der Waals surface area contributed by atoms with E-state index < -0.39 is 0 Å². The van der Waals surface area contributed by atoms with Crippen LogP contribution in [0.5, 0.6) is 5.75 Å². The Morgan fingerprint density at radius 2 is 2.00 bits per heavy atom. The quantitative estimate of drug-likeness (QED) is 0.890. The number of halogens is 1. The number of phenolic OH excluding ortho intramolecular Hbond substituents is 1. The van der Waals surface area contributed by atoms with Crippen LogP contribution in [0.15, 0.2) is 36.7 Å². The SMILES string of the molecule is Cc1cnccc1CNCc1cc(Cl)ccc1O. The lowest BCUT2D eigenvalue weighted by Crippen LogP contribution is -2.13. The van der Waals surface area contributed by atoms with E-state index >= 15 is 0 Å². The zero-order valence-electron chi connectivity index (χ0n) is 10.2. The first-order valence-electron chi connectivity index (χ1n) is 5.74. The van der Waals surface area contributed by atoms with Gasteiger partial charge in [0.2, 0.25) is 0 Å². The minimum Gasteiger partial charge on any atom is -0.508 e. The van der Waals surface area contributed by atoms with Gasteiger partial charge in [-0.2, -0.15) is 0 Å². The molecule has 0 bridgehead atoms. The Kier molecular flexibility index (Phi) is 4.18. The molecule has 2 N–H and O–H groups in total. The molecule has 3 nitrogen and oxygen atoms in total. The van der Waals surface area contributed by atoms with E-state index in [4.69, 9.17) is 11.6 Å². The van der Waals surface area contributed by atoms with Crippen LogP contribution in [-0.4, -0.2) is 10.1 Å². The third-order valence-corrected chi connectivity index (χ3v) is 3.04. The number of phenols is 1. The van der Waals surface area contributed by atoms with Crippen LogP contribution < -0.4 is 5.32 Å². The van der Waals surface area contributed by atoms with Crippen LogP contribution in [0.25, 0.3) is 0 Å². The van der Waals surface area contributed by atoms with Crippen molar-refractivity contribution in [2.75, 3.05) is 0 Å². The zero-order chi connectivity index (χ0) is 13.0. The van der Waals surface area contributed by atoms with Crippen LogP contribution in [-0.2, 0) is 13.1 Å². The Morgan fingerprint density at radius 1 is 1.22 bits per heavy atom. The standard InChI is InChI=1S/C14H15ClN2O/c1-10-7-16-5-4-11(10)8-17-9-12-6-13(15)2-3-14(12)18/h2-7,17-18H,8-9H2,1H3. The summed E-state index contributed by atoms with van der Waals surface area (Å²) in [5.74, 6) is 0.262. The summed E-state index contributed by atoms with van der Waals surface area (Å²) in [5.41, 5.74) is 3.15. The zero-order valence-corrected chi connectivity index (χ0v) is 10.9. The molecule has 2 aromatic rings. The van der Waals surface area contributed by atoms with Crippen LogP contribution in [0.3, 0.4) is 0 Å². The first-order chi connectivity index (χ1) is 8.66. The molecular formula is C14H15ClN2O. The maximum absolute atomic E-state index is 9.68. The molecule has 0 saturated carbocycles. The molecule has 0 saturated heterocycles. The van der Waals surface area contributed by atoms with Crippen molar-refractivity contribution >= 4 is 11.6 Å². The van der Waals surface area contributed by atoms with Gasteiger partial charge in [0, 0.05) is 36.1 Å². The summed E-state index contributed by atoms with van der Waals surface area (Å²) >= 11 is 5.89. The molecular weight excluding hydrogens is 248 g/mol. The first-order valence-corrected chi connectivity index (χ1v) is 6.12. The van der Waals surface area contributed by atoms with Gasteiger partial charge in [-0.05, 0) is 42.3 Å². The van der Waals surface area contributed by atoms with Crippen molar-refractivity contribution in [1.82, 2.24) is 10.3 Å². The number of nitrogens with zero attached hydrogens (tertiary/aromatic N) is 1. The van der Waals surface area contributed by atoms with Crippen molar-refractivity contribution in [3.63, 3.8) is 0 Å². The third-order valence-electron chi connectivity index (χ3n) is 2.81. The highest BCUT2D eigenvalue weighted by atomic mass is 35.5. The smallest absolute Gasteiger partial charge is 0.120 e. The van der Waals surface area contributed by atoms with E-state index in [1.165, 1.54) is 5.56 Å². The molecule has 0 radical (unpaired) electrons. The van der Waals surface area contributed by atoms with Gasteiger partial charge in [0.05, 0.1) is 0 Å². The van der Waals surface area contributed by atoms with Crippen LogP contribution in [0.2, 0.25) is 5.02 Å². The molecule has 94 valence electrons. The molecule has 0 amide bonds. The number of nitrogens with one attached hydrogen (secondary N) is 1. The topological polar surface area (TPSA) is 45.2 Å². The minimum absolute atomic E-state index is 0.262. The van der Waals surface area contributed by atoms with Crippen LogP contribution in [0.1, 0.15) is 16.7 Å². The van der Waals surface area contributed by atoms with Crippen molar-refractivity contribution in [3.05, 3.63) is 58.4 Å². The highest BCUT2D eigenvalue weighted by molar-refractivity contribution is 6.30. The van der Waals surface area contributed by atoms with Crippen LogP contribution in [0, 0.1) is 6.92 Å². The number of rotatable bonds is 4. The summed E-state index contributed by atoms with van der Waals surface area (Å²) in [6, 6.07) is 7.04. The lowest BCUT2D eigenvalue weighted by Gasteiger charge is -2.09. The van der Waals surface area contributed by atoms with Gasteiger partial charge in [0.25, 0.3) is 0 Å². The number of aromatic hydroxyl groups is 1. The second kappa shape index (κ2) is 5.85. The van der Waals surface area contributed by atoms with Gasteiger partial charge in [0.1, 0.15) is 5.75 Å². The average molecular weight is 263 g/mol. The second-order valence-corrected chi connectivity index (χ2v) is 4.62. The van der Waals surface area contributed by atoms with Gasteiger partial charge in [-0.25, -0.2) is 0 Å². The molecule has 4 heteroatoms. The van der Waals surface area contributed by atoms with E-state index in [2.05, 4.69) is 10.3 Å². The van der Waals surface area contributed by atoms with Crippen molar-refractivity contribution in [3.8, 4) is 5.75 Å². The monoisotopic (exact) mass is 262 g/mol. The normalized spacial score (nSPS) is 10.6. The van der Waals surface area contributed by atoms with Gasteiger partial charge >= 0.3 is 0 Å². The summed E-state index contributed by atoms with van der Waals surface area (Å²) in [7, 11) is 0. The highest BCUT2D eigenvalue weighted by Gasteiger charge is 2.02. The summed E-state index contributed by atoms with van der Waals surface area (Å²) in [5, 5.41) is 13.6. The molecule has 0 fully saturated rings. The Balaban J connectivity index is 1.96. The third kappa shape index (κ3) is 3.22. The fraction of sp³-hybridized carbons (Fsp3) is 0.214. The largest absolute Gasteiger partial charge is 0.508 e. The van der Waals surface area contributed by atoms with Gasteiger partial charge < -0.3 is 10.4 Å². The number of aryl methyl sites for hydroxylation is 1. The van der Waals surface area contributed by atoms with Crippen LogP contribution >= 0.6 is 11.6 Å². The first kappa shape index (κ1) is 12.9. The van der Waals surface area contributed by atoms with Gasteiger partial charge in [-0.15, -0.1) is 0 Å². The van der Waals surface area contributed by atoms with E-state index in [9.17, 15) is 5.11 Å². The van der Waals surface area contributed by atoms with E-state index in [0.29, 0.717) is 11.6 Å². The Hall–Kier alpha value is -1.58. The van der Waals surface area contributed by atoms with Crippen LogP contribution in [0.4, 0.5) is 0 Å².